The van der Waals surface area contributed by atoms with Gasteiger partial charge in [0, 0.05) is 12.7 Å². The van der Waals surface area contributed by atoms with Crippen molar-refractivity contribution >= 4 is 5.91 Å². The van der Waals surface area contributed by atoms with Gasteiger partial charge in [0.1, 0.15) is 0 Å². The molecule has 8 heteroatoms. The summed E-state index contributed by atoms with van der Waals surface area (Å²) in [5.74, 6) is -0.302. The van der Waals surface area contributed by atoms with Gasteiger partial charge in [-0.05, 0) is 12.1 Å². The second-order valence-corrected chi connectivity index (χ2v) is 3.55. The van der Waals surface area contributed by atoms with Gasteiger partial charge in [0.2, 0.25) is 0 Å². The Morgan fingerprint density at radius 3 is 3.06 bits per heavy atom. The van der Waals surface area contributed by atoms with Crippen LogP contribution in [0.25, 0.3) is 0 Å². The fourth-order valence-electron chi connectivity index (χ4n) is 1.33. The largest absolute Gasteiger partial charge is 0.345 e. The molecule has 0 radical (unpaired) electrons. The Balaban J connectivity index is 1.91. The highest BCUT2D eigenvalue weighted by Gasteiger charge is 2.10. The van der Waals surface area contributed by atoms with Crippen LogP contribution in [0.3, 0.4) is 0 Å². The number of aromatic nitrogens is 5. The minimum Gasteiger partial charge on any atom is -0.345 e. The standard InChI is InChI=1S/C10H13N7O/c11-3-5-17-7-9(15-16-17)10(18)12-6-8-2-1-4-13-14-8/h1-2,4,7H,3,5-6,11H2,(H,12,18). The molecule has 0 spiro atoms. The first-order valence-electron chi connectivity index (χ1n) is 5.44. The van der Waals surface area contributed by atoms with Gasteiger partial charge in [-0.15, -0.1) is 5.10 Å². The van der Waals surface area contributed by atoms with Gasteiger partial charge < -0.3 is 11.1 Å². The van der Waals surface area contributed by atoms with Gasteiger partial charge >= 0.3 is 0 Å². The number of hydrogen-bond donors (Lipinski definition) is 2. The molecule has 2 aromatic heterocycles. The summed E-state index contributed by atoms with van der Waals surface area (Å²) in [5, 5.41) is 17.8. The molecule has 0 fully saturated rings. The molecular weight excluding hydrogens is 234 g/mol. The molecule has 18 heavy (non-hydrogen) atoms. The van der Waals surface area contributed by atoms with E-state index < -0.39 is 0 Å². The maximum atomic E-state index is 11.7. The zero-order valence-corrected chi connectivity index (χ0v) is 9.65. The van der Waals surface area contributed by atoms with Crippen molar-refractivity contribution in [3.63, 3.8) is 0 Å². The number of carbonyl (C=O) groups is 1. The van der Waals surface area contributed by atoms with Crippen molar-refractivity contribution < 1.29 is 4.79 Å². The first-order valence-corrected chi connectivity index (χ1v) is 5.44. The predicted molar refractivity (Wildman–Crippen MR) is 62.3 cm³/mol. The molecule has 1 amide bonds. The first kappa shape index (κ1) is 12.1. The molecule has 0 saturated heterocycles. The third-order valence-corrected chi connectivity index (χ3v) is 2.19. The Kier molecular flexibility index (Phi) is 3.92. The van der Waals surface area contributed by atoms with E-state index in [1.165, 1.54) is 4.68 Å². The van der Waals surface area contributed by atoms with Crippen molar-refractivity contribution in [1.29, 1.82) is 0 Å². The van der Waals surface area contributed by atoms with E-state index in [0.717, 1.165) is 0 Å². The minimum absolute atomic E-state index is 0.257. The molecule has 2 heterocycles. The molecule has 0 aromatic carbocycles. The number of amides is 1. The first-order chi connectivity index (χ1) is 8.79. The van der Waals surface area contributed by atoms with Crippen LogP contribution in [0.1, 0.15) is 16.2 Å². The molecule has 0 saturated carbocycles. The lowest BCUT2D eigenvalue weighted by atomic mass is 10.3. The van der Waals surface area contributed by atoms with Crippen LogP contribution >= 0.6 is 0 Å². The molecule has 0 atom stereocenters. The molecule has 0 aliphatic rings. The van der Waals surface area contributed by atoms with Crippen LogP contribution < -0.4 is 11.1 Å². The molecule has 3 N–H and O–H groups in total. The minimum atomic E-state index is -0.302. The van der Waals surface area contributed by atoms with Crippen LogP contribution in [0.5, 0.6) is 0 Å². The lowest BCUT2D eigenvalue weighted by molar-refractivity contribution is 0.0945. The Labute approximate surface area is 103 Å². The van der Waals surface area contributed by atoms with Gasteiger partial charge in [-0.3, -0.25) is 9.48 Å². The molecule has 0 aliphatic heterocycles. The molecule has 94 valence electrons. The van der Waals surface area contributed by atoms with Crippen molar-refractivity contribution in [3.8, 4) is 0 Å². The maximum absolute atomic E-state index is 11.7. The van der Waals surface area contributed by atoms with Crippen molar-refractivity contribution in [2.24, 2.45) is 5.73 Å². The van der Waals surface area contributed by atoms with Crippen molar-refractivity contribution in [1.82, 2.24) is 30.5 Å². The van der Waals surface area contributed by atoms with Crippen LogP contribution in [-0.4, -0.2) is 37.6 Å². The highest BCUT2D eigenvalue weighted by atomic mass is 16.2. The SMILES string of the molecule is NCCn1cc(C(=O)NCc2cccnn2)nn1. The van der Waals surface area contributed by atoms with Crippen molar-refractivity contribution in [2.45, 2.75) is 13.1 Å². The van der Waals surface area contributed by atoms with Gasteiger partial charge in [-0.2, -0.15) is 10.2 Å². The maximum Gasteiger partial charge on any atom is 0.273 e. The van der Waals surface area contributed by atoms with E-state index in [0.29, 0.717) is 25.3 Å². The Morgan fingerprint density at radius 2 is 2.33 bits per heavy atom. The van der Waals surface area contributed by atoms with Gasteiger partial charge in [0.15, 0.2) is 5.69 Å². The number of nitrogens with two attached hydrogens (primary N) is 1. The molecular formula is C10H13N7O. The van der Waals surface area contributed by atoms with E-state index in [2.05, 4.69) is 25.8 Å². The average Bonchev–Trinajstić information content (AvgIpc) is 2.86. The lowest BCUT2D eigenvalue weighted by Crippen LogP contribution is -2.23. The highest BCUT2D eigenvalue weighted by molar-refractivity contribution is 5.91. The van der Waals surface area contributed by atoms with Crippen LogP contribution in [0, 0.1) is 0 Å². The summed E-state index contributed by atoms with van der Waals surface area (Å²) >= 11 is 0. The summed E-state index contributed by atoms with van der Waals surface area (Å²) in [6.07, 6.45) is 3.13. The zero-order chi connectivity index (χ0) is 12.8. The fourth-order valence-corrected chi connectivity index (χ4v) is 1.33. The van der Waals surface area contributed by atoms with E-state index in [4.69, 9.17) is 5.73 Å². The van der Waals surface area contributed by atoms with Gasteiger partial charge in [0.25, 0.3) is 5.91 Å². The van der Waals surface area contributed by atoms with Gasteiger partial charge in [-0.1, -0.05) is 5.21 Å². The fraction of sp³-hybridized carbons (Fsp3) is 0.300. The quantitative estimate of drug-likeness (QED) is 0.697. The summed E-state index contributed by atoms with van der Waals surface area (Å²) in [6.45, 7) is 1.28. The second-order valence-electron chi connectivity index (χ2n) is 3.55. The Hall–Kier alpha value is -2.35. The average molecular weight is 247 g/mol. The number of nitrogens with zero attached hydrogens (tertiary/aromatic N) is 5. The lowest BCUT2D eigenvalue weighted by Gasteiger charge is -2.00. The monoisotopic (exact) mass is 247 g/mol. The Morgan fingerprint density at radius 1 is 1.44 bits per heavy atom. The Bertz CT molecular complexity index is 510. The summed E-state index contributed by atoms with van der Waals surface area (Å²) < 4.78 is 1.53. The van der Waals surface area contributed by atoms with E-state index in [1.54, 1.807) is 24.5 Å². The van der Waals surface area contributed by atoms with E-state index in [1.807, 2.05) is 0 Å². The number of rotatable bonds is 5. The van der Waals surface area contributed by atoms with Crippen LogP contribution in [0.4, 0.5) is 0 Å². The summed E-state index contributed by atoms with van der Waals surface area (Å²) in [6, 6.07) is 3.53. The normalized spacial score (nSPS) is 10.3. The topological polar surface area (TPSA) is 112 Å². The van der Waals surface area contributed by atoms with Crippen molar-refractivity contribution in [3.05, 3.63) is 35.9 Å². The van der Waals surface area contributed by atoms with Crippen LogP contribution in [-0.2, 0) is 13.1 Å². The van der Waals surface area contributed by atoms with E-state index >= 15 is 0 Å². The zero-order valence-electron chi connectivity index (χ0n) is 9.65. The van der Waals surface area contributed by atoms with E-state index in [9.17, 15) is 4.79 Å². The second kappa shape index (κ2) is 5.82. The number of carbonyl (C=O) groups excluding carboxylic acids is 1. The van der Waals surface area contributed by atoms with Gasteiger partial charge in [0.05, 0.1) is 25.0 Å². The number of nitrogens with one attached hydrogen (secondary N) is 1. The molecule has 2 aromatic rings. The molecule has 0 bridgehead atoms. The molecule has 8 nitrogen and oxygen atoms in total. The van der Waals surface area contributed by atoms with E-state index in [-0.39, 0.29) is 11.6 Å². The summed E-state index contributed by atoms with van der Waals surface area (Å²) in [7, 11) is 0. The number of hydrogen-bond acceptors (Lipinski definition) is 6. The smallest absolute Gasteiger partial charge is 0.273 e. The summed E-state index contributed by atoms with van der Waals surface area (Å²) in [4.78, 5) is 11.7. The third-order valence-electron chi connectivity index (χ3n) is 2.19. The predicted octanol–water partition coefficient (Wildman–Crippen LogP) is -1.04. The highest BCUT2D eigenvalue weighted by Crippen LogP contribution is 1.95. The van der Waals surface area contributed by atoms with Crippen LogP contribution in [0.15, 0.2) is 24.5 Å². The van der Waals surface area contributed by atoms with Crippen LogP contribution in [0.2, 0.25) is 0 Å². The van der Waals surface area contributed by atoms with Gasteiger partial charge in [-0.25, -0.2) is 0 Å². The van der Waals surface area contributed by atoms with Crippen molar-refractivity contribution in [2.75, 3.05) is 6.54 Å². The molecule has 2 rings (SSSR count). The third kappa shape index (κ3) is 3.08. The summed E-state index contributed by atoms with van der Waals surface area (Å²) in [5.41, 5.74) is 6.31. The molecule has 0 unspecified atom stereocenters. The molecule has 0 aliphatic carbocycles.